The van der Waals surface area contributed by atoms with E-state index >= 15 is 0 Å². The molecule has 1 aromatic carbocycles. The van der Waals surface area contributed by atoms with Crippen molar-refractivity contribution in [1.29, 1.82) is 0 Å². The molecule has 0 aliphatic carbocycles. The van der Waals surface area contributed by atoms with Crippen LogP contribution < -0.4 is 10.2 Å². The maximum atomic E-state index is 5.80. The van der Waals surface area contributed by atoms with E-state index in [0.29, 0.717) is 6.04 Å². The van der Waals surface area contributed by atoms with Gasteiger partial charge in [-0.3, -0.25) is 0 Å². The molecule has 1 saturated heterocycles. The van der Waals surface area contributed by atoms with Gasteiger partial charge < -0.3 is 15.0 Å². The Balaban J connectivity index is 2.34. The second-order valence-electron chi connectivity index (χ2n) is 5.74. The van der Waals surface area contributed by atoms with Gasteiger partial charge in [0.2, 0.25) is 0 Å². The van der Waals surface area contributed by atoms with Crippen LogP contribution in [0.4, 0.5) is 5.69 Å². The van der Waals surface area contributed by atoms with Crippen molar-refractivity contribution in [3.63, 3.8) is 0 Å². The van der Waals surface area contributed by atoms with Crippen LogP contribution in [0.25, 0.3) is 0 Å². The number of ether oxygens (including phenoxy) is 1. The lowest BCUT2D eigenvalue weighted by molar-refractivity contribution is -0.0277. The fraction of sp³-hybridized carbons (Fsp3) is 0.600. The SMILES string of the molecule is CNC(C)c1ccc(Br)cc1N1CCOC(C)(C)C1. The maximum absolute atomic E-state index is 5.80. The second kappa shape index (κ2) is 5.81. The zero-order valence-corrected chi connectivity index (χ0v) is 13.8. The Kier molecular flexibility index (Phi) is 4.54. The fourth-order valence-electron chi connectivity index (χ4n) is 2.53. The smallest absolute Gasteiger partial charge is 0.0801 e. The van der Waals surface area contributed by atoms with E-state index in [1.165, 1.54) is 11.3 Å². The molecule has 0 aromatic heterocycles. The first-order valence-corrected chi connectivity index (χ1v) is 7.58. The summed E-state index contributed by atoms with van der Waals surface area (Å²) in [6.07, 6.45) is 0. The van der Waals surface area contributed by atoms with Crippen LogP contribution in [0.1, 0.15) is 32.4 Å². The first kappa shape index (κ1) is 14.8. The summed E-state index contributed by atoms with van der Waals surface area (Å²) in [7, 11) is 2.00. The van der Waals surface area contributed by atoms with E-state index in [0.717, 1.165) is 24.2 Å². The monoisotopic (exact) mass is 326 g/mol. The van der Waals surface area contributed by atoms with E-state index in [1.54, 1.807) is 0 Å². The van der Waals surface area contributed by atoms with E-state index in [-0.39, 0.29) is 5.60 Å². The summed E-state index contributed by atoms with van der Waals surface area (Å²) >= 11 is 3.58. The zero-order chi connectivity index (χ0) is 14.0. The highest BCUT2D eigenvalue weighted by Gasteiger charge is 2.28. The van der Waals surface area contributed by atoms with Crippen LogP contribution in [0, 0.1) is 0 Å². The molecule has 1 fully saturated rings. The molecule has 0 spiro atoms. The molecule has 4 heteroatoms. The highest BCUT2D eigenvalue weighted by Crippen LogP contribution is 2.32. The minimum atomic E-state index is -0.0826. The average molecular weight is 327 g/mol. The van der Waals surface area contributed by atoms with Gasteiger partial charge in [0.1, 0.15) is 0 Å². The summed E-state index contributed by atoms with van der Waals surface area (Å²) < 4.78 is 6.93. The van der Waals surface area contributed by atoms with Gasteiger partial charge >= 0.3 is 0 Å². The predicted molar refractivity (Wildman–Crippen MR) is 83.9 cm³/mol. The Labute approximate surface area is 124 Å². The van der Waals surface area contributed by atoms with Crippen LogP contribution in [-0.2, 0) is 4.74 Å². The summed E-state index contributed by atoms with van der Waals surface area (Å²) in [4.78, 5) is 2.43. The summed E-state index contributed by atoms with van der Waals surface area (Å²) in [5.74, 6) is 0. The largest absolute Gasteiger partial charge is 0.372 e. The maximum Gasteiger partial charge on any atom is 0.0801 e. The number of hydrogen-bond acceptors (Lipinski definition) is 3. The molecule has 0 radical (unpaired) electrons. The number of nitrogens with one attached hydrogen (secondary N) is 1. The van der Waals surface area contributed by atoms with E-state index in [1.807, 2.05) is 7.05 Å². The van der Waals surface area contributed by atoms with Crippen molar-refractivity contribution < 1.29 is 4.74 Å². The van der Waals surface area contributed by atoms with Crippen molar-refractivity contribution in [2.45, 2.75) is 32.4 Å². The Morgan fingerprint density at radius 1 is 1.42 bits per heavy atom. The molecule has 1 unspecified atom stereocenters. The Hall–Kier alpha value is -0.580. The molecule has 1 heterocycles. The van der Waals surface area contributed by atoms with Gasteiger partial charge in [-0.25, -0.2) is 0 Å². The fourth-order valence-corrected chi connectivity index (χ4v) is 2.88. The highest BCUT2D eigenvalue weighted by atomic mass is 79.9. The van der Waals surface area contributed by atoms with Crippen molar-refractivity contribution >= 4 is 21.6 Å². The summed E-state index contributed by atoms with van der Waals surface area (Å²) in [5.41, 5.74) is 2.55. The minimum Gasteiger partial charge on any atom is -0.372 e. The Morgan fingerprint density at radius 3 is 2.79 bits per heavy atom. The van der Waals surface area contributed by atoms with Crippen molar-refractivity contribution in [2.24, 2.45) is 0 Å². The number of nitrogens with zero attached hydrogens (tertiary/aromatic N) is 1. The average Bonchev–Trinajstić information content (AvgIpc) is 2.36. The topological polar surface area (TPSA) is 24.5 Å². The molecule has 2 rings (SSSR count). The first-order valence-electron chi connectivity index (χ1n) is 6.78. The van der Waals surface area contributed by atoms with Crippen LogP contribution in [0.3, 0.4) is 0 Å². The standard InChI is InChI=1S/C15H23BrN2O/c1-11(17-4)13-6-5-12(16)9-14(13)18-7-8-19-15(2,3)10-18/h5-6,9,11,17H,7-8,10H2,1-4H3. The lowest BCUT2D eigenvalue weighted by Gasteiger charge is -2.40. The highest BCUT2D eigenvalue weighted by molar-refractivity contribution is 9.10. The van der Waals surface area contributed by atoms with E-state index < -0.39 is 0 Å². The molecule has 0 saturated carbocycles. The van der Waals surface area contributed by atoms with E-state index in [9.17, 15) is 0 Å². The third kappa shape index (κ3) is 3.50. The van der Waals surface area contributed by atoms with Gasteiger partial charge in [-0.05, 0) is 45.5 Å². The van der Waals surface area contributed by atoms with Gasteiger partial charge in [0.15, 0.2) is 0 Å². The summed E-state index contributed by atoms with van der Waals surface area (Å²) in [5, 5.41) is 3.33. The molecule has 1 aromatic rings. The predicted octanol–water partition coefficient (Wildman–Crippen LogP) is 3.34. The summed E-state index contributed by atoms with van der Waals surface area (Å²) in [6, 6.07) is 6.86. The van der Waals surface area contributed by atoms with Crippen molar-refractivity contribution in [1.82, 2.24) is 5.32 Å². The first-order chi connectivity index (χ1) is 8.93. The molecule has 3 nitrogen and oxygen atoms in total. The number of halogens is 1. The van der Waals surface area contributed by atoms with Gasteiger partial charge in [-0.2, -0.15) is 0 Å². The molecule has 1 atom stereocenters. The van der Waals surface area contributed by atoms with Crippen LogP contribution >= 0.6 is 15.9 Å². The second-order valence-corrected chi connectivity index (χ2v) is 6.66. The molecule has 0 bridgehead atoms. The molecular weight excluding hydrogens is 304 g/mol. The van der Waals surface area contributed by atoms with E-state index in [4.69, 9.17) is 4.74 Å². The molecule has 0 amide bonds. The molecule has 1 N–H and O–H groups in total. The number of anilines is 1. The zero-order valence-electron chi connectivity index (χ0n) is 12.2. The van der Waals surface area contributed by atoms with Crippen molar-refractivity contribution in [2.75, 3.05) is 31.6 Å². The third-order valence-corrected chi connectivity index (χ3v) is 4.15. The van der Waals surface area contributed by atoms with E-state index in [2.05, 4.69) is 65.1 Å². The lowest BCUT2D eigenvalue weighted by Crippen LogP contribution is -2.48. The molecule has 1 aliphatic heterocycles. The number of rotatable bonds is 3. The minimum absolute atomic E-state index is 0.0826. The van der Waals surface area contributed by atoms with Gasteiger partial charge in [-0.1, -0.05) is 22.0 Å². The summed E-state index contributed by atoms with van der Waals surface area (Å²) in [6.45, 7) is 9.15. The normalized spacial score (nSPS) is 20.4. The quantitative estimate of drug-likeness (QED) is 0.921. The van der Waals surface area contributed by atoms with Gasteiger partial charge in [0.25, 0.3) is 0 Å². The van der Waals surface area contributed by atoms with Crippen LogP contribution in [-0.4, -0.2) is 32.3 Å². The molecule has 1 aliphatic rings. The molecule has 19 heavy (non-hydrogen) atoms. The van der Waals surface area contributed by atoms with Gasteiger partial charge in [0, 0.05) is 29.3 Å². The Bertz CT molecular complexity index is 448. The van der Waals surface area contributed by atoms with Gasteiger partial charge in [0.05, 0.1) is 12.2 Å². The number of benzene rings is 1. The van der Waals surface area contributed by atoms with Crippen molar-refractivity contribution in [3.05, 3.63) is 28.2 Å². The van der Waals surface area contributed by atoms with Crippen LogP contribution in [0.2, 0.25) is 0 Å². The van der Waals surface area contributed by atoms with Crippen molar-refractivity contribution in [3.8, 4) is 0 Å². The number of morpholine rings is 1. The molecular formula is C15H23BrN2O. The Morgan fingerprint density at radius 2 is 2.16 bits per heavy atom. The number of hydrogen-bond donors (Lipinski definition) is 1. The molecule has 106 valence electrons. The van der Waals surface area contributed by atoms with Gasteiger partial charge in [-0.15, -0.1) is 0 Å². The van der Waals surface area contributed by atoms with Crippen LogP contribution in [0.5, 0.6) is 0 Å². The lowest BCUT2D eigenvalue weighted by atomic mass is 10.0. The third-order valence-electron chi connectivity index (χ3n) is 3.66. The van der Waals surface area contributed by atoms with Crippen LogP contribution in [0.15, 0.2) is 22.7 Å².